The van der Waals surface area contributed by atoms with Crippen molar-refractivity contribution in [3.05, 3.63) is 36.4 Å². The molecule has 2 aromatic rings. The molecule has 0 unspecified atom stereocenters. The van der Waals surface area contributed by atoms with E-state index in [-0.39, 0.29) is 0 Å². The predicted octanol–water partition coefficient (Wildman–Crippen LogP) is 1.59. The summed E-state index contributed by atoms with van der Waals surface area (Å²) >= 11 is 0. The van der Waals surface area contributed by atoms with E-state index in [1.54, 1.807) is 24.3 Å². The van der Waals surface area contributed by atoms with E-state index in [1.165, 1.54) is 6.07 Å². The third kappa shape index (κ3) is 2.05. The highest BCUT2D eigenvalue weighted by molar-refractivity contribution is 7.85. The second kappa shape index (κ2) is 3.48. The summed E-state index contributed by atoms with van der Waals surface area (Å²) in [5.74, 6) is 0. The Kier molecular flexibility index (Phi) is 2.29. The largest absolute Gasteiger partial charge is 0.341 e. The van der Waals surface area contributed by atoms with Crippen LogP contribution in [0.3, 0.4) is 0 Å². The third-order valence-corrected chi connectivity index (χ3v) is 2.51. The molecule has 0 radical (unpaired) electrons. The molecule has 0 saturated heterocycles. The molecule has 1 aromatic heterocycles. The van der Waals surface area contributed by atoms with Crippen LogP contribution in [0.4, 0.5) is 0 Å². The Balaban J connectivity index is 2.46. The van der Waals surface area contributed by atoms with Gasteiger partial charge in [0.1, 0.15) is 5.69 Å². The standard InChI is InChI=1S/C9H7NO4S/c11-15(12,13)9-6-8(10-14-9)7-4-2-1-3-5-7/h1-6H,(H,11,12,13). The molecule has 0 aliphatic rings. The predicted molar refractivity (Wildman–Crippen MR) is 51.8 cm³/mol. The summed E-state index contributed by atoms with van der Waals surface area (Å²) in [5.41, 5.74) is 1.08. The summed E-state index contributed by atoms with van der Waals surface area (Å²) in [6.45, 7) is 0. The van der Waals surface area contributed by atoms with E-state index in [2.05, 4.69) is 9.68 Å². The number of hydrogen-bond donors (Lipinski definition) is 1. The molecule has 0 amide bonds. The molecule has 6 heteroatoms. The minimum absolute atomic E-state index is 0.364. The fourth-order valence-corrected chi connectivity index (χ4v) is 1.52. The Bertz CT molecular complexity index is 559. The summed E-state index contributed by atoms with van der Waals surface area (Å²) in [7, 11) is -4.32. The summed E-state index contributed by atoms with van der Waals surface area (Å²) < 4.78 is 34.6. The van der Waals surface area contributed by atoms with E-state index >= 15 is 0 Å². The zero-order valence-corrected chi connectivity index (χ0v) is 8.31. The van der Waals surface area contributed by atoms with Crippen molar-refractivity contribution in [3.8, 4) is 11.3 Å². The average molecular weight is 225 g/mol. The van der Waals surface area contributed by atoms with Crippen molar-refractivity contribution < 1.29 is 17.5 Å². The maximum Gasteiger partial charge on any atom is 0.331 e. The molecule has 1 N–H and O–H groups in total. The summed E-state index contributed by atoms with van der Waals surface area (Å²) in [6.07, 6.45) is 0. The van der Waals surface area contributed by atoms with E-state index < -0.39 is 15.2 Å². The highest BCUT2D eigenvalue weighted by Crippen LogP contribution is 2.20. The fourth-order valence-electron chi connectivity index (χ4n) is 1.13. The average Bonchev–Trinajstić information content (AvgIpc) is 2.67. The van der Waals surface area contributed by atoms with Crippen LogP contribution in [-0.4, -0.2) is 18.1 Å². The molecule has 0 aliphatic carbocycles. The van der Waals surface area contributed by atoms with Crippen LogP contribution in [0.25, 0.3) is 11.3 Å². The summed E-state index contributed by atoms with van der Waals surface area (Å²) in [6, 6.07) is 10.1. The monoisotopic (exact) mass is 225 g/mol. The summed E-state index contributed by atoms with van der Waals surface area (Å²) in [5, 5.41) is 2.98. The van der Waals surface area contributed by atoms with E-state index in [1.807, 2.05) is 6.07 Å². The van der Waals surface area contributed by atoms with Gasteiger partial charge in [-0.15, -0.1) is 0 Å². The maximum atomic E-state index is 10.7. The van der Waals surface area contributed by atoms with Crippen molar-refractivity contribution in [1.82, 2.24) is 5.16 Å². The lowest BCUT2D eigenvalue weighted by Crippen LogP contribution is -1.94. The molecule has 78 valence electrons. The second-order valence-electron chi connectivity index (χ2n) is 2.87. The normalized spacial score (nSPS) is 11.5. The SMILES string of the molecule is O=S(=O)(O)c1cc(-c2ccccc2)no1. The minimum Gasteiger partial charge on any atom is -0.341 e. The molecule has 0 spiro atoms. The van der Waals surface area contributed by atoms with Crippen molar-refractivity contribution in [2.24, 2.45) is 0 Å². The first-order valence-electron chi connectivity index (χ1n) is 4.07. The molecule has 1 heterocycles. The molecule has 0 bridgehead atoms. The van der Waals surface area contributed by atoms with Crippen LogP contribution in [0.5, 0.6) is 0 Å². The van der Waals surface area contributed by atoms with Gasteiger partial charge in [-0.25, -0.2) is 0 Å². The van der Waals surface area contributed by atoms with Crippen LogP contribution < -0.4 is 0 Å². The van der Waals surface area contributed by atoms with Gasteiger partial charge in [0.2, 0.25) is 0 Å². The number of benzene rings is 1. The van der Waals surface area contributed by atoms with Crippen molar-refractivity contribution in [1.29, 1.82) is 0 Å². The van der Waals surface area contributed by atoms with Crippen molar-refractivity contribution in [2.45, 2.75) is 5.09 Å². The number of rotatable bonds is 2. The first kappa shape index (κ1) is 9.88. The Hall–Kier alpha value is -1.66. The van der Waals surface area contributed by atoms with Crippen LogP contribution in [0, 0.1) is 0 Å². The molecule has 0 saturated carbocycles. The highest BCUT2D eigenvalue weighted by atomic mass is 32.2. The van der Waals surface area contributed by atoms with Crippen molar-refractivity contribution in [3.63, 3.8) is 0 Å². The van der Waals surface area contributed by atoms with Gasteiger partial charge < -0.3 is 4.52 Å². The molecule has 0 fully saturated rings. The first-order valence-corrected chi connectivity index (χ1v) is 5.51. The van der Waals surface area contributed by atoms with Gasteiger partial charge in [0.15, 0.2) is 0 Å². The molecule has 15 heavy (non-hydrogen) atoms. The van der Waals surface area contributed by atoms with Gasteiger partial charge in [-0.2, -0.15) is 8.42 Å². The quantitative estimate of drug-likeness (QED) is 0.785. The van der Waals surface area contributed by atoms with Gasteiger partial charge in [0, 0.05) is 11.6 Å². The molecule has 5 nitrogen and oxygen atoms in total. The molecular weight excluding hydrogens is 218 g/mol. The minimum atomic E-state index is -4.32. The summed E-state index contributed by atoms with van der Waals surface area (Å²) in [4.78, 5) is 0. The van der Waals surface area contributed by atoms with Crippen LogP contribution in [0.2, 0.25) is 0 Å². The van der Waals surface area contributed by atoms with E-state index in [9.17, 15) is 8.42 Å². The molecule has 0 atom stereocenters. The van der Waals surface area contributed by atoms with Crippen molar-refractivity contribution in [2.75, 3.05) is 0 Å². The lowest BCUT2D eigenvalue weighted by Gasteiger charge is -1.91. The molecular formula is C9H7NO4S. The van der Waals surface area contributed by atoms with Crippen LogP contribution in [0.1, 0.15) is 0 Å². The Morgan fingerprint density at radius 1 is 1.20 bits per heavy atom. The molecule has 0 aliphatic heterocycles. The Morgan fingerprint density at radius 3 is 2.40 bits per heavy atom. The van der Waals surface area contributed by atoms with Gasteiger partial charge in [-0.05, 0) is 0 Å². The molecule has 2 rings (SSSR count). The van der Waals surface area contributed by atoms with Gasteiger partial charge in [0.25, 0.3) is 5.09 Å². The second-order valence-corrected chi connectivity index (χ2v) is 4.22. The van der Waals surface area contributed by atoms with E-state index in [0.717, 1.165) is 5.56 Å². The molecule has 1 aromatic carbocycles. The van der Waals surface area contributed by atoms with Gasteiger partial charge in [0.05, 0.1) is 0 Å². The van der Waals surface area contributed by atoms with Gasteiger partial charge in [-0.1, -0.05) is 35.5 Å². The Morgan fingerprint density at radius 2 is 1.87 bits per heavy atom. The lowest BCUT2D eigenvalue weighted by atomic mass is 10.2. The topological polar surface area (TPSA) is 80.4 Å². The number of hydrogen-bond acceptors (Lipinski definition) is 4. The first-order chi connectivity index (χ1) is 7.07. The fraction of sp³-hybridized carbons (Fsp3) is 0. The third-order valence-electron chi connectivity index (χ3n) is 1.81. The van der Waals surface area contributed by atoms with Crippen LogP contribution >= 0.6 is 0 Å². The zero-order chi connectivity index (χ0) is 10.9. The maximum absolute atomic E-state index is 10.7. The van der Waals surface area contributed by atoms with E-state index in [4.69, 9.17) is 4.55 Å². The zero-order valence-electron chi connectivity index (χ0n) is 7.49. The van der Waals surface area contributed by atoms with Gasteiger partial charge in [-0.3, -0.25) is 4.55 Å². The van der Waals surface area contributed by atoms with E-state index in [0.29, 0.717) is 5.69 Å². The van der Waals surface area contributed by atoms with Gasteiger partial charge >= 0.3 is 10.1 Å². The smallest absolute Gasteiger partial charge is 0.331 e. The Labute approximate surface area is 86.1 Å². The number of nitrogens with zero attached hydrogens (tertiary/aromatic N) is 1. The lowest BCUT2D eigenvalue weighted by molar-refractivity contribution is 0.325. The highest BCUT2D eigenvalue weighted by Gasteiger charge is 2.17. The van der Waals surface area contributed by atoms with Crippen LogP contribution in [-0.2, 0) is 10.1 Å². The van der Waals surface area contributed by atoms with Crippen molar-refractivity contribution >= 4 is 10.1 Å². The number of aromatic nitrogens is 1. The van der Waals surface area contributed by atoms with Crippen LogP contribution in [0.15, 0.2) is 46.0 Å².